The Balaban J connectivity index is 2.79. The summed E-state index contributed by atoms with van der Waals surface area (Å²) in [5.41, 5.74) is 1.59. The predicted molar refractivity (Wildman–Crippen MR) is 89.6 cm³/mol. The average molecular weight is 422 g/mol. The lowest BCUT2D eigenvalue weighted by Crippen LogP contribution is -2.43. The van der Waals surface area contributed by atoms with Crippen molar-refractivity contribution in [3.05, 3.63) is 26.6 Å². The van der Waals surface area contributed by atoms with Crippen LogP contribution in [0.2, 0.25) is 0 Å². The van der Waals surface area contributed by atoms with Crippen LogP contribution in [-0.2, 0) is 4.79 Å². The van der Waals surface area contributed by atoms with Gasteiger partial charge in [-0.25, -0.2) is 9.59 Å². The van der Waals surface area contributed by atoms with Crippen LogP contribution in [0, 0.1) is 12.8 Å². The van der Waals surface area contributed by atoms with Crippen molar-refractivity contribution in [3.63, 3.8) is 0 Å². The number of carbonyl (C=O) groups excluding carboxylic acids is 1. The topological polar surface area (TPSA) is 78.4 Å². The molecule has 116 valence electrons. The quantitative estimate of drug-likeness (QED) is 0.668. The van der Waals surface area contributed by atoms with E-state index in [4.69, 9.17) is 5.11 Å². The summed E-state index contributed by atoms with van der Waals surface area (Å²) >= 11 is 6.75. The fourth-order valence-electron chi connectivity index (χ4n) is 1.82. The van der Waals surface area contributed by atoms with Crippen LogP contribution in [0.1, 0.15) is 25.8 Å². The summed E-state index contributed by atoms with van der Waals surface area (Å²) in [5, 5.41) is 14.3. The Kier molecular flexibility index (Phi) is 6.67. The summed E-state index contributed by atoms with van der Waals surface area (Å²) in [6, 6.07) is 2.27. The Labute approximate surface area is 140 Å². The molecular formula is C14H18Br2N2O3. The minimum Gasteiger partial charge on any atom is -0.480 e. The number of amides is 2. The van der Waals surface area contributed by atoms with Crippen molar-refractivity contribution >= 4 is 49.5 Å². The third kappa shape index (κ3) is 5.67. The molecule has 0 aliphatic rings. The zero-order chi connectivity index (χ0) is 16.2. The number of aryl methyl sites for hydroxylation is 1. The Morgan fingerprint density at radius 1 is 1.24 bits per heavy atom. The highest BCUT2D eigenvalue weighted by Gasteiger charge is 2.21. The van der Waals surface area contributed by atoms with Crippen LogP contribution in [0.5, 0.6) is 0 Å². The van der Waals surface area contributed by atoms with E-state index in [0.717, 1.165) is 14.5 Å². The van der Waals surface area contributed by atoms with Gasteiger partial charge in [-0.05, 0) is 68.8 Å². The zero-order valence-electron chi connectivity index (χ0n) is 12.0. The molecule has 0 radical (unpaired) electrons. The number of carboxylic acids is 1. The lowest BCUT2D eigenvalue weighted by Gasteiger charge is -2.18. The zero-order valence-corrected chi connectivity index (χ0v) is 15.2. The first-order chi connectivity index (χ1) is 9.70. The smallest absolute Gasteiger partial charge is 0.326 e. The molecule has 1 unspecified atom stereocenters. The van der Waals surface area contributed by atoms with Gasteiger partial charge < -0.3 is 15.7 Å². The van der Waals surface area contributed by atoms with Gasteiger partial charge in [0.2, 0.25) is 0 Å². The van der Waals surface area contributed by atoms with E-state index < -0.39 is 18.0 Å². The molecule has 0 fully saturated rings. The maximum atomic E-state index is 12.0. The fraction of sp³-hybridized carbons (Fsp3) is 0.429. The molecule has 0 bridgehead atoms. The molecule has 0 aliphatic heterocycles. The number of hydrogen-bond acceptors (Lipinski definition) is 2. The third-order valence-electron chi connectivity index (χ3n) is 2.74. The van der Waals surface area contributed by atoms with Gasteiger partial charge in [0.25, 0.3) is 0 Å². The Morgan fingerprint density at radius 2 is 1.76 bits per heavy atom. The molecule has 2 amide bonds. The van der Waals surface area contributed by atoms with E-state index in [1.165, 1.54) is 0 Å². The molecule has 0 saturated carbocycles. The van der Waals surface area contributed by atoms with Crippen LogP contribution in [0.15, 0.2) is 21.1 Å². The van der Waals surface area contributed by atoms with Crippen molar-refractivity contribution in [1.29, 1.82) is 0 Å². The largest absolute Gasteiger partial charge is 0.480 e. The van der Waals surface area contributed by atoms with Gasteiger partial charge in [0.15, 0.2) is 0 Å². The second-order valence-electron chi connectivity index (χ2n) is 5.22. The number of carboxylic acid groups (broad SMARTS) is 1. The Morgan fingerprint density at radius 3 is 2.19 bits per heavy atom. The first kappa shape index (κ1) is 18.0. The van der Waals surface area contributed by atoms with Gasteiger partial charge in [0, 0.05) is 8.95 Å². The Hall–Kier alpha value is -1.08. The van der Waals surface area contributed by atoms with Gasteiger partial charge in [0.1, 0.15) is 6.04 Å². The second-order valence-corrected chi connectivity index (χ2v) is 6.93. The van der Waals surface area contributed by atoms with Crippen molar-refractivity contribution in [3.8, 4) is 0 Å². The number of benzene rings is 1. The molecule has 1 aromatic rings. The van der Waals surface area contributed by atoms with Gasteiger partial charge in [0.05, 0.1) is 5.69 Å². The number of halogens is 2. The molecule has 5 nitrogen and oxygen atoms in total. The predicted octanol–water partition coefficient (Wildman–Crippen LogP) is 4.14. The van der Waals surface area contributed by atoms with Crippen LogP contribution >= 0.6 is 31.9 Å². The van der Waals surface area contributed by atoms with Crippen molar-refractivity contribution in [2.45, 2.75) is 33.2 Å². The fourth-order valence-corrected chi connectivity index (χ4v) is 3.43. The van der Waals surface area contributed by atoms with Crippen molar-refractivity contribution in [2.24, 2.45) is 5.92 Å². The summed E-state index contributed by atoms with van der Waals surface area (Å²) in [7, 11) is 0. The minimum atomic E-state index is -1.04. The van der Waals surface area contributed by atoms with E-state index in [1.807, 2.05) is 32.9 Å². The molecule has 1 rings (SSSR count). The molecule has 0 saturated heterocycles. The highest BCUT2D eigenvalue weighted by Crippen LogP contribution is 2.32. The number of aliphatic carboxylic acids is 1. The third-order valence-corrected chi connectivity index (χ3v) is 3.99. The number of nitrogens with one attached hydrogen (secondary N) is 2. The van der Waals surface area contributed by atoms with Gasteiger partial charge in [-0.1, -0.05) is 13.8 Å². The average Bonchev–Trinajstić information content (AvgIpc) is 2.32. The number of hydrogen-bond donors (Lipinski definition) is 3. The lowest BCUT2D eigenvalue weighted by atomic mass is 10.0. The second kappa shape index (κ2) is 7.79. The lowest BCUT2D eigenvalue weighted by molar-refractivity contribution is -0.139. The highest BCUT2D eigenvalue weighted by molar-refractivity contribution is 9.11. The molecule has 3 N–H and O–H groups in total. The van der Waals surface area contributed by atoms with Gasteiger partial charge in [-0.2, -0.15) is 0 Å². The summed E-state index contributed by atoms with van der Waals surface area (Å²) in [6.45, 7) is 5.74. The van der Waals surface area contributed by atoms with Crippen molar-refractivity contribution in [2.75, 3.05) is 5.32 Å². The highest BCUT2D eigenvalue weighted by atomic mass is 79.9. The first-order valence-corrected chi connectivity index (χ1v) is 8.05. The standard InChI is InChI=1S/C14H18Br2N2O3/c1-7(2)4-11(13(19)20)17-14(21)18-12-9(15)5-8(3)6-10(12)16/h5-7,11H,4H2,1-3H3,(H,19,20)(H2,17,18,21). The molecule has 7 heteroatoms. The molecule has 21 heavy (non-hydrogen) atoms. The summed E-state index contributed by atoms with van der Waals surface area (Å²) < 4.78 is 1.44. The molecule has 0 spiro atoms. The summed E-state index contributed by atoms with van der Waals surface area (Å²) in [6.07, 6.45) is 0.374. The molecule has 0 aliphatic carbocycles. The maximum Gasteiger partial charge on any atom is 0.326 e. The molecule has 0 aromatic heterocycles. The number of anilines is 1. The van der Waals surface area contributed by atoms with Crippen LogP contribution in [0.3, 0.4) is 0 Å². The van der Waals surface area contributed by atoms with E-state index in [9.17, 15) is 9.59 Å². The van der Waals surface area contributed by atoms with E-state index in [0.29, 0.717) is 12.1 Å². The summed E-state index contributed by atoms with van der Waals surface area (Å²) in [5.74, 6) is -0.870. The molecule has 1 aromatic carbocycles. The number of urea groups is 1. The van der Waals surface area contributed by atoms with E-state index in [2.05, 4.69) is 42.5 Å². The van der Waals surface area contributed by atoms with E-state index >= 15 is 0 Å². The van der Waals surface area contributed by atoms with E-state index in [1.54, 1.807) is 0 Å². The van der Waals surface area contributed by atoms with Crippen molar-refractivity contribution in [1.82, 2.24) is 5.32 Å². The SMILES string of the molecule is Cc1cc(Br)c(NC(=O)NC(CC(C)C)C(=O)O)c(Br)c1. The molecule has 0 heterocycles. The molecule has 1 atom stereocenters. The van der Waals surface area contributed by atoms with Gasteiger partial charge in [-0.3, -0.25) is 0 Å². The Bertz CT molecular complexity index is 524. The van der Waals surface area contributed by atoms with Crippen LogP contribution in [-0.4, -0.2) is 23.1 Å². The van der Waals surface area contributed by atoms with Crippen molar-refractivity contribution < 1.29 is 14.7 Å². The number of carbonyl (C=O) groups is 2. The van der Waals surface area contributed by atoms with Crippen LogP contribution < -0.4 is 10.6 Å². The monoisotopic (exact) mass is 420 g/mol. The number of rotatable bonds is 5. The van der Waals surface area contributed by atoms with Crippen LogP contribution in [0.4, 0.5) is 10.5 Å². The molecular weight excluding hydrogens is 404 g/mol. The van der Waals surface area contributed by atoms with E-state index in [-0.39, 0.29) is 5.92 Å². The first-order valence-electron chi connectivity index (χ1n) is 6.46. The normalized spacial score (nSPS) is 12.1. The maximum absolute atomic E-state index is 12.0. The van der Waals surface area contributed by atoms with Gasteiger partial charge in [-0.15, -0.1) is 0 Å². The minimum absolute atomic E-state index is 0.171. The van der Waals surface area contributed by atoms with Crippen LogP contribution in [0.25, 0.3) is 0 Å². The summed E-state index contributed by atoms with van der Waals surface area (Å²) in [4.78, 5) is 23.1. The van der Waals surface area contributed by atoms with Gasteiger partial charge >= 0.3 is 12.0 Å².